The molecular formula is C24H31N5O3. The number of hydrogen-bond donors (Lipinski definition) is 3. The highest BCUT2D eigenvalue weighted by Crippen LogP contribution is 2.31. The molecular weight excluding hydrogens is 406 g/mol. The van der Waals surface area contributed by atoms with E-state index in [1.807, 2.05) is 18.2 Å². The number of carbonyl (C=O) groups is 1. The lowest BCUT2D eigenvalue weighted by molar-refractivity contribution is -0.162. The summed E-state index contributed by atoms with van der Waals surface area (Å²) < 4.78 is 0. The minimum Gasteiger partial charge on any atom is -0.507 e. The van der Waals surface area contributed by atoms with Crippen molar-refractivity contribution in [2.24, 2.45) is 5.92 Å². The zero-order chi connectivity index (χ0) is 22.5. The largest absolute Gasteiger partial charge is 0.507 e. The van der Waals surface area contributed by atoms with Crippen molar-refractivity contribution < 1.29 is 14.7 Å². The van der Waals surface area contributed by atoms with Crippen molar-refractivity contribution in [3.05, 3.63) is 42.0 Å². The summed E-state index contributed by atoms with van der Waals surface area (Å²) in [6.07, 6.45) is 9.37. The molecule has 1 amide bonds. The van der Waals surface area contributed by atoms with Crippen LogP contribution in [-0.2, 0) is 9.63 Å². The highest BCUT2D eigenvalue weighted by atomic mass is 16.7. The number of phenolic OH excluding ortho intramolecular Hbond substituents is 1. The fourth-order valence-corrected chi connectivity index (χ4v) is 4.60. The van der Waals surface area contributed by atoms with Gasteiger partial charge in [0.25, 0.3) is 5.91 Å². The lowest BCUT2D eigenvalue weighted by atomic mass is 9.80. The number of amides is 1. The quantitative estimate of drug-likeness (QED) is 0.452. The Morgan fingerprint density at radius 1 is 1.25 bits per heavy atom. The van der Waals surface area contributed by atoms with Crippen LogP contribution in [0, 0.1) is 5.92 Å². The molecule has 8 nitrogen and oxygen atoms in total. The minimum absolute atomic E-state index is 0.0796. The first-order valence-electron chi connectivity index (χ1n) is 11.2. The van der Waals surface area contributed by atoms with E-state index in [2.05, 4.69) is 20.8 Å². The van der Waals surface area contributed by atoms with Gasteiger partial charge < -0.3 is 15.7 Å². The Kier molecular flexibility index (Phi) is 7.02. The van der Waals surface area contributed by atoms with Crippen molar-refractivity contribution in [2.75, 3.05) is 26.0 Å². The molecule has 0 spiro atoms. The van der Waals surface area contributed by atoms with Crippen molar-refractivity contribution in [1.82, 2.24) is 20.6 Å². The van der Waals surface area contributed by atoms with Crippen molar-refractivity contribution in [3.8, 4) is 17.0 Å². The summed E-state index contributed by atoms with van der Waals surface area (Å²) in [7, 11) is 2.95. The first kappa shape index (κ1) is 22.2. The van der Waals surface area contributed by atoms with Gasteiger partial charge in [-0.25, -0.2) is 5.06 Å². The molecule has 1 aromatic heterocycles. The van der Waals surface area contributed by atoms with Crippen molar-refractivity contribution >= 4 is 17.8 Å². The number of aromatic nitrogens is 2. The molecule has 3 N–H and O–H groups in total. The summed E-state index contributed by atoms with van der Waals surface area (Å²) >= 11 is 0. The van der Waals surface area contributed by atoms with Crippen LogP contribution < -0.4 is 10.6 Å². The number of fused-ring (bicyclic) bond motifs is 2. The second-order valence-corrected chi connectivity index (χ2v) is 8.64. The van der Waals surface area contributed by atoms with E-state index >= 15 is 0 Å². The molecule has 1 aromatic carbocycles. The van der Waals surface area contributed by atoms with E-state index in [9.17, 15) is 9.90 Å². The minimum atomic E-state index is -0.294. The van der Waals surface area contributed by atoms with Gasteiger partial charge in [0.05, 0.1) is 12.8 Å². The van der Waals surface area contributed by atoms with Crippen LogP contribution in [0.4, 0.5) is 5.82 Å². The van der Waals surface area contributed by atoms with Gasteiger partial charge in [-0.05, 0) is 67.5 Å². The first-order valence-corrected chi connectivity index (χ1v) is 11.2. The Morgan fingerprint density at radius 3 is 2.69 bits per heavy atom. The van der Waals surface area contributed by atoms with Gasteiger partial charge in [0.1, 0.15) is 11.6 Å². The molecule has 2 unspecified atom stereocenters. The summed E-state index contributed by atoms with van der Waals surface area (Å²) in [5, 5.41) is 27.3. The number of carbonyl (C=O) groups excluding carboxylic acids is 1. The lowest BCUT2D eigenvalue weighted by Crippen LogP contribution is -2.49. The van der Waals surface area contributed by atoms with E-state index in [-0.39, 0.29) is 11.7 Å². The molecule has 32 heavy (non-hydrogen) atoms. The fourth-order valence-electron chi connectivity index (χ4n) is 4.60. The number of hydrogen-bond acceptors (Lipinski definition) is 7. The number of phenols is 1. The van der Waals surface area contributed by atoms with E-state index in [4.69, 9.17) is 4.84 Å². The number of rotatable bonds is 7. The third kappa shape index (κ3) is 5.44. The SMILES string of the molecule is CON(C)C(=O)/C=C/c1ccc(-c2ccc(NCC3CC4CCCC(C3)N4)nn2)c(O)c1. The molecule has 170 valence electrons. The number of piperidine rings is 2. The molecule has 0 saturated carbocycles. The third-order valence-corrected chi connectivity index (χ3v) is 6.35. The van der Waals surface area contributed by atoms with Gasteiger partial charge in [-0.1, -0.05) is 12.5 Å². The molecule has 2 fully saturated rings. The number of anilines is 1. The smallest absolute Gasteiger partial charge is 0.269 e. The van der Waals surface area contributed by atoms with Crippen molar-refractivity contribution in [2.45, 2.75) is 44.2 Å². The summed E-state index contributed by atoms with van der Waals surface area (Å²) in [4.78, 5) is 16.6. The summed E-state index contributed by atoms with van der Waals surface area (Å²) in [5.41, 5.74) is 1.88. The zero-order valence-corrected chi connectivity index (χ0v) is 18.6. The topological polar surface area (TPSA) is 99.6 Å². The van der Waals surface area contributed by atoms with Crippen LogP contribution in [0.15, 0.2) is 36.4 Å². The van der Waals surface area contributed by atoms with Gasteiger partial charge in [-0.15, -0.1) is 10.2 Å². The molecule has 2 bridgehead atoms. The van der Waals surface area contributed by atoms with E-state index < -0.39 is 0 Å². The number of nitrogens with one attached hydrogen (secondary N) is 2. The van der Waals surface area contributed by atoms with Crippen LogP contribution in [0.1, 0.15) is 37.7 Å². The number of benzene rings is 1. The number of likely N-dealkylation sites (N-methyl/N-ethyl adjacent to an activating group) is 1. The Balaban J connectivity index is 1.35. The van der Waals surface area contributed by atoms with E-state index in [1.165, 1.54) is 52.3 Å². The summed E-state index contributed by atoms with van der Waals surface area (Å²) in [5.74, 6) is 1.19. The Morgan fingerprint density at radius 2 is 2.03 bits per heavy atom. The van der Waals surface area contributed by atoms with Gasteiger partial charge in [-0.3, -0.25) is 9.63 Å². The van der Waals surface area contributed by atoms with Gasteiger partial charge in [0.15, 0.2) is 0 Å². The molecule has 3 heterocycles. The highest BCUT2D eigenvalue weighted by Gasteiger charge is 2.30. The molecule has 2 aliphatic heterocycles. The van der Waals surface area contributed by atoms with Crippen LogP contribution in [0.2, 0.25) is 0 Å². The van der Waals surface area contributed by atoms with Crippen LogP contribution in [-0.4, -0.2) is 59.1 Å². The molecule has 4 rings (SSSR count). The van der Waals surface area contributed by atoms with Crippen LogP contribution >= 0.6 is 0 Å². The second kappa shape index (κ2) is 10.1. The van der Waals surface area contributed by atoms with Gasteiger partial charge in [0.2, 0.25) is 0 Å². The normalized spacial score (nSPS) is 22.6. The van der Waals surface area contributed by atoms with E-state index in [0.717, 1.165) is 17.4 Å². The lowest BCUT2D eigenvalue weighted by Gasteiger charge is -2.40. The Hall–Kier alpha value is -2.97. The predicted octanol–water partition coefficient (Wildman–Crippen LogP) is 3.21. The Bertz CT molecular complexity index is 951. The average Bonchev–Trinajstić information content (AvgIpc) is 2.81. The van der Waals surface area contributed by atoms with Crippen LogP contribution in [0.3, 0.4) is 0 Å². The Labute approximate surface area is 188 Å². The standard InChI is InChI=1S/C24H31N5O3/c1-29(32-2)24(31)11-7-16-6-8-20(22(30)14-16)21-9-10-23(28-27-21)25-15-17-12-18-4-3-5-19(13-17)26-18/h6-11,14,17-19,26,30H,3-5,12-13,15H2,1-2H3,(H,25,28)/b11-7+. The molecule has 2 aromatic rings. The van der Waals surface area contributed by atoms with Crippen LogP contribution in [0.5, 0.6) is 5.75 Å². The maximum atomic E-state index is 11.8. The van der Waals surface area contributed by atoms with E-state index in [1.54, 1.807) is 18.2 Å². The number of aromatic hydroxyl groups is 1. The molecule has 0 aliphatic carbocycles. The second-order valence-electron chi connectivity index (χ2n) is 8.64. The van der Waals surface area contributed by atoms with E-state index in [0.29, 0.717) is 34.8 Å². The first-order chi connectivity index (χ1) is 15.5. The maximum Gasteiger partial charge on any atom is 0.269 e. The van der Waals surface area contributed by atoms with Gasteiger partial charge >= 0.3 is 0 Å². The zero-order valence-electron chi connectivity index (χ0n) is 18.6. The fraction of sp³-hybridized carbons (Fsp3) is 0.458. The molecule has 2 atom stereocenters. The summed E-state index contributed by atoms with van der Waals surface area (Å²) in [6, 6.07) is 10.3. The van der Waals surface area contributed by atoms with Gasteiger partial charge in [0, 0.05) is 37.3 Å². The van der Waals surface area contributed by atoms with Gasteiger partial charge in [-0.2, -0.15) is 0 Å². The average molecular weight is 438 g/mol. The molecule has 0 radical (unpaired) electrons. The monoisotopic (exact) mass is 437 g/mol. The van der Waals surface area contributed by atoms with Crippen LogP contribution in [0.25, 0.3) is 17.3 Å². The molecule has 2 aliphatic rings. The van der Waals surface area contributed by atoms with Crippen molar-refractivity contribution in [3.63, 3.8) is 0 Å². The van der Waals surface area contributed by atoms with Crippen molar-refractivity contribution in [1.29, 1.82) is 0 Å². The summed E-state index contributed by atoms with van der Waals surface area (Å²) in [6.45, 7) is 0.909. The molecule has 8 heteroatoms. The molecule has 2 saturated heterocycles. The number of hydroxylamine groups is 2. The number of nitrogens with zero attached hydrogens (tertiary/aromatic N) is 3. The highest BCUT2D eigenvalue weighted by molar-refractivity contribution is 5.91. The third-order valence-electron chi connectivity index (χ3n) is 6.35. The predicted molar refractivity (Wildman–Crippen MR) is 124 cm³/mol. The maximum absolute atomic E-state index is 11.8.